The minimum atomic E-state index is -0.503. The Balaban J connectivity index is 2.92. The number of rotatable bonds is 6. The molecule has 102 valence electrons. The molecule has 5 heteroatoms. The van der Waals surface area contributed by atoms with Crippen molar-refractivity contribution in [1.82, 2.24) is 0 Å². The Kier molecular flexibility index (Phi) is 5.80. The number of carbonyl (C=O) groups excluding carboxylic acids is 1. The lowest BCUT2D eigenvalue weighted by atomic mass is 10.2. The zero-order chi connectivity index (χ0) is 14.3. The van der Waals surface area contributed by atoms with Crippen LogP contribution in [0.4, 0.5) is 10.1 Å². The van der Waals surface area contributed by atoms with Crippen molar-refractivity contribution < 1.29 is 13.9 Å². The number of benzene rings is 1. The van der Waals surface area contributed by atoms with Crippen molar-refractivity contribution in [1.29, 1.82) is 5.26 Å². The van der Waals surface area contributed by atoms with Crippen LogP contribution >= 0.6 is 0 Å². The number of hydrogen-bond donors (Lipinski definition) is 0. The summed E-state index contributed by atoms with van der Waals surface area (Å²) >= 11 is 0. The van der Waals surface area contributed by atoms with Gasteiger partial charge in [-0.05, 0) is 31.5 Å². The molecule has 0 fully saturated rings. The summed E-state index contributed by atoms with van der Waals surface area (Å²) < 4.78 is 18.8. The van der Waals surface area contributed by atoms with Crippen molar-refractivity contribution in [2.45, 2.75) is 20.3 Å². The second kappa shape index (κ2) is 7.37. The maximum Gasteiger partial charge on any atom is 0.325 e. The maximum atomic E-state index is 13.9. The van der Waals surface area contributed by atoms with Gasteiger partial charge in [0.25, 0.3) is 0 Å². The molecule has 0 aromatic heterocycles. The van der Waals surface area contributed by atoms with Gasteiger partial charge in [-0.2, -0.15) is 5.26 Å². The van der Waals surface area contributed by atoms with Gasteiger partial charge in [-0.15, -0.1) is 0 Å². The third kappa shape index (κ3) is 4.25. The highest BCUT2D eigenvalue weighted by atomic mass is 19.1. The molecule has 4 nitrogen and oxygen atoms in total. The van der Waals surface area contributed by atoms with Gasteiger partial charge < -0.3 is 9.64 Å². The van der Waals surface area contributed by atoms with E-state index < -0.39 is 5.82 Å². The minimum Gasteiger partial charge on any atom is -0.465 e. The van der Waals surface area contributed by atoms with E-state index in [1.54, 1.807) is 11.8 Å². The normalized spacial score (nSPS) is 9.79. The highest BCUT2D eigenvalue weighted by Crippen LogP contribution is 2.20. The van der Waals surface area contributed by atoms with E-state index in [2.05, 4.69) is 0 Å². The van der Waals surface area contributed by atoms with Crippen LogP contribution in [0.1, 0.15) is 25.8 Å². The maximum absolute atomic E-state index is 13.9. The zero-order valence-electron chi connectivity index (χ0n) is 11.1. The minimum absolute atomic E-state index is 0.00446. The van der Waals surface area contributed by atoms with Gasteiger partial charge in [-0.3, -0.25) is 4.79 Å². The molecule has 0 saturated heterocycles. The molecule has 0 N–H and O–H groups in total. The summed E-state index contributed by atoms with van der Waals surface area (Å²) in [4.78, 5) is 13.1. The summed E-state index contributed by atoms with van der Waals surface area (Å²) in [6.07, 6.45) is 0.777. The highest BCUT2D eigenvalue weighted by Gasteiger charge is 2.15. The van der Waals surface area contributed by atoms with E-state index >= 15 is 0 Å². The van der Waals surface area contributed by atoms with Crippen molar-refractivity contribution >= 4 is 11.7 Å². The van der Waals surface area contributed by atoms with E-state index in [9.17, 15) is 9.18 Å². The largest absolute Gasteiger partial charge is 0.465 e. The zero-order valence-corrected chi connectivity index (χ0v) is 11.1. The van der Waals surface area contributed by atoms with Gasteiger partial charge in [0.1, 0.15) is 12.4 Å². The summed E-state index contributed by atoms with van der Waals surface area (Å²) in [5.74, 6) is -0.892. The van der Waals surface area contributed by atoms with E-state index in [0.717, 1.165) is 6.42 Å². The first kappa shape index (κ1) is 15.0. The van der Waals surface area contributed by atoms with Gasteiger partial charge in [0.2, 0.25) is 0 Å². The SMILES string of the molecule is CCCN(CC(=O)OCC)c1ccc(C#N)cc1F. The van der Waals surface area contributed by atoms with Gasteiger partial charge in [0.15, 0.2) is 0 Å². The molecule has 0 aliphatic heterocycles. The van der Waals surface area contributed by atoms with Crippen LogP contribution in [-0.2, 0) is 9.53 Å². The molecule has 0 bridgehead atoms. The van der Waals surface area contributed by atoms with Gasteiger partial charge in [-0.1, -0.05) is 6.92 Å². The van der Waals surface area contributed by atoms with E-state index in [1.165, 1.54) is 18.2 Å². The van der Waals surface area contributed by atoms with E-state index in [0.29, 0.717) is 18.8 Å². The lowest BCUT2D eigenvalue weighted by Gasteiger charge is -2.23. The number of carbonyl (C=O) groups is 1. The molecule has 0 atom stereocenters. The number of halogens is 1. The Bertz CT molecular complexity index is 483. The van der Waals surface area contributed by atoms with E-state index in [-0.39, 0.29) is 18.1 Å². The smallest absolute Gasteiger partial charge is 0.325 e. The number of ether oxygens (including phenoxy) is 1. The van der Waals surface area contributed by atoms with Crippen LogP contribution in [0.5, 0.6) is 0 Å². The van der Waals surface area contributed by atoms with Crippen molar-refractivity contribution in [3.63, 3.8) is 0 Å². The molecule has 0 aliphatic carbocycles. The van der Waals surface area contributed by atoms with E-state index in [4.69, 9.17) is 10.00 Å². The summed E-state index contributed by atoms with van der Waals surface area (Å²) in [6.45, 7) is 4.52. The molecule has 0 heterocycles. The highest BCUT2D eigenvalue weighted by molar-refractivity contribution is 5.76. The average Bonchev–Trinajstić information content (AvgIpc) is 2.38. The second-order valence-electron chi connectivity index (χ2n) is 4.00. The first-order valence-corrected chi connectivity index (χ1v) is 6.22. The van der Waals surface area contributed by atoms with Gasteiger partial charge in [0.05, 0.1) is 23.9 Å². The number of hydrogen-bond acceptors (Lipinski definition) is 4. The monoisotopic (exact) mass is 264 g/mol. The van der Waals surface area contributed by atoms with Crippen molar-refractivity contribution in [3.05, 3.63) is 29.6 Å². The fraction of sp³-hybridized carbons (Fsp3) is 0.429. The summed E-state index contributed by atoms with van der Waals surface area (Å²) in [7, 11) is 0. The lowest BCUT2D eigenvalue weighted by molar-refractivity contribution is -0.141. The molecular weight excluding hydrogens is 247 g/mol. The summed E-state index contributed by atoms with van der Waals surface area (Å²) in [6, 6.07) is 6.10. The molecule has 19 heavy (non-hydrogen) atoms. The van der Waals surface area contributed by atoms with Crippen LogP contribution in [0.2, 0.25) is 0 Å². The molecule has 0 unspecified atom stereocenters. The molecule has 0 amide bonds. The first-order valence-electron chi connectivity index (χ1n) is 6.22. The van der Waals surface area contributed by atoms with E-state index in [1.807, 2.05) is 13.0 Å². The predicted octanol–water partition coefficient (Wildman–Crippen LogP) is 2.48. The standard InChI is InChI=1S/C14H17FN2O2/c1-3-7-17(10-14(18)19-4-2)13-6-5-11(9-16)8-12(13)15/h5-6,8H,3-4,7,10H2,1-2H3. The molecule has 0 saturated carbocycles. The Morgan fingerprint density at radius 1 is 1.47 bits per heavy atom. The Hall–Kier alpha value is -2.09. The van der Waals surface area contributed by atoms with Gasteiger partial charge in [0, 0.05) is 6.54 Å². The fourth-order valence-electron chi connectivity index (χ4n) is 1.75. The van der Waals surface area contributed by atoms with Crippen LogP contribution < -0.4 is 4.90 Å². The third-order valence-electron chi connectivity index (χ3n) is 2.54. The summed E-state index contributed by atoms with van der Waals surface area (Å²) in [5.41, 5.74) is 0.572. The van der Waals surface area contributed by atoms with Crippen LogP contribution in [0.25, 0.3) is 0 Å². The first-order chi connectivity index (χ1) is 9.12. The average molecular weight is 264 g/mol. The molecule has 0 spiro atoms. The molecular formula is C14H17FN2O2. The van der Waals surface area contributed by atoms with Crippen molar-refractivity contribution in [2.75, 3.05) is 24.6 Å². The molecule has 0 radical (unpaired) electrons. The Morgan fingerprint density at radius 3 is 2.74 bits per heavy atom. The molecule has 0 aliphatic rings. The van der Waals surface area contributed by atoms with Crippen molar-refractivity contribution in [3.8, 4) is 6.07 Å². The topological polar surface area (TPSA) is 53.3 Å². The predicted molar refractivity (Wildman–Crippen MR) is 70.3 cm³/mol. The lowest BCUT2D eigenvalue weighted by Crippen LogP contribution is -2.32. The molecule has 1 aromatic carbocycles. The Morgan fingerprint density at radius 2 is 2.21 bits per heavy atom. The van der Waals surface area contributed by atoms with Crippen LogP contribution in [0.3, 0.4) is 0 Å². The van der Waals surface area contributed by atoms with Gasteiger partial charge in [-0.25, -0.2) is 4.39 Å². The van der Waals surface area contributed by atoms with Crippen LogP contribution in [0.15, 0.2) is 18.2 Å². The van der Waals surface area contributed by atoms with Crippen LogP contribution in [-0.4, -0.2) is 25.7 Å². The second-order valence-corrected chi connectivity index (χ2v) is 4.00. The molecule has 1 rings (SSSR count). The quantitative estimate of drug-likeness (QED) is 0.741. The fourth-order valence-corrected chi connectivity index (χ4v) is 1.75. The Labute approximate surface area is 112 Å². The third-order valence-corrected chi connectivity index (χ3v) is 2.54. The number of nitrogens with zero attached hydrogens (tertiary/aromatic N) is 2. The number of anilines is 1. The number of esters is 1. The van der Waals surface area contributed by atoms with Crippen LogP contribution in [0, 0.1) is 17.1 Å². The summed E-state index contributed by atoms with van der Waals surface area (Å²) in [5, 5.41) is 8.71. The van der Waals surface area contributed by atoms with Gasteiger partial charge >= 0.3 is 5.97 Å². The molecule has 1 aromatic rings. The van der Waals surface area contributed by atoms with Crippen molar-refractivity contribution in [2.24, 2.45) is 0 Å². The number of nitriles is 1.